The third-order valence-corrected chi connectivity index (χ3v) is 0.830. The van der Waals surface area contributed by atoms with Gasteiger partial charge in [0.2, 0.25) is 6.04 Å². The van der Waals surface area contributed by atoms with Crippen molar-refractivity contribution in [2.24, 2.45) is 0 Å². The number of carbonyl (C=O) groups is 1. The number of halogens is 2. The number of alkyl halides is 2. The molecule has 3 N–H and O–H groups in total. The number of hydrogen-bond donors (Lipinski definition) is 3. The molecular formula is C4H7F2NO4. The van der Waals surface area contributed by atoms with Gasteiger partial charge in [-0.1, -0.05) is 0 Å². The molecule has 7 heteroatoms. The maximum atomic E-state index is 11.9. The van der Waals surface area contributed by atoms with Gasteiger partial charge in [0.1, 0.15) is 0 Å². The van der Waals surface area contributed by atoms with Crippen LogP contribution in [-0.4, -0.2) is 35.4 Å². The molecule has 0 spiro atoms. The van der Waals surface area contributed by atoms with Crippen LogP contribution >= 0.6 is 0 Å². The number of aliphatic carboxylic acids is 1. The lowest BCUT2D eigenvalue weighted by Crippen LogP contribution is -2.49. The Morgan fingerprint density at radius 3 is 2.27 bits per heavy atom. The predicted octanol–water partition coefficient (Wildman–Crippen LogP) is -0.824. The third kappa shape index (κ3) is 3.21. The van der Waals surface area contributed by atoms with Gasteiger partial charge in [-0.15, -0.1) is 0 Å². The van der Waals surface area contributed by atoms with Crippen molar-refractivity contribution in [2.45, 2.75) is 12.2 Å². The molecule has 5 nitrogen and oxygen atoms in total. The van der Waals surface area contributed by atoms with Crippen LogP contribution in [0.1, 0.15) is 0 Å². The average molecular weight is 171 g/mol. The van der Waals surface area contributed by atoms with E-state index in [0.717, 1.165) is 7.11 Å². The lowest BCUT2D eigenvalue weighted by molar-refractivity contribution is -0.239. The molecule has 11 heavy (non-hydrogen) atoms. The quantitative estimate of drug-likeness (QED) is 0.481. The number of nitrogens with one attached hydrogen (secondary N) is 1. The lowest BCUT2D eigenvalue weighted by Gasteiger charge is -2.17. The number of rotatable bonds is 4. The van der Waals surface area contributed by atoms with Crippen LogP contribution in [0, 0.1) is 0 Å². The molecule has 1 atom stereocenters. The maximum absolute atomic E-state index is 11.9. The molecule has 0 saturated carbocycles. The molecular weight excluding hydrogens is 164 g/mol. The summed E-state index contributed by atoms with van der Waals surface area (Å²) in [5.41, 5.74) is 1.42. The smallest absolute Gasteiger partial charge is 0.381 e. The molecule has 0 aromatic rings. The summed E-state index contributed by atoms with van der Waals surface area (Å²) in [6.45, 7) is 0. The van der Waals surface area contributed by atoms with E-state index in [2.05, 4.69) is 4.84 Å². The number of aliphatic hydroxyl groups is 1. The molecule has 0 radical (unpaired) electrons. The number of hydroxylamine groups is 1. The fraction of sp³-hybridized carbons (Fsp3) is 0.750. The van der Waals surface area contributed by atoms with Crippen LogP contribution < -0.4 is 5.48 Å². The first kappa shape index (κ1) is 10.2. The van der Waals surface area contributed by atoms with Crippen molar-refractivity contribution in [2.75, 3.05) is 7.11 Å². The molecule has 0 unspecified atom stereocenters. The summed E-state index contributed by atoms with van der Waals surface area (Å²) in [5, 5.41) is 16.0. The molecule has 0 aliphatic carbocycles. The topological polar surface area (TPSA) is 78.8 Å². The zero-order chi connectivity index (χ0) is 9.07. The minimum absolute atomic E-state index is 0.960. The van der Waals surface area contributed by atoms with Crippen molar-refractivity contribution < 1.29 is 28.6 Å². The molecule has 0 bridgehead atoms. The molecule has 0 amide bonds. The van der Waals surface area contributed by atoms with Crippen LogP contribution in [0.5, 0.6) is 0 Å². The zero-order valence-corrected chi connectivity index (χ0v) is 5.54. The van der Waals surface area contributed by atoms with E-state index >= 15 is 0 Å². The standard InChI is InChI=1S/C4H7F2NO4/c1-11-7-2(3(8)9)4(5,6)10/h2,7,10H,1H3,(H,8,9)/t2-/m1/s1. The highest BCUT2D eigenvalue weighted by Crippen LogP contribution is 2.13. The minimum atomic E-state index is -4.35. The minimum Gasteiger partial charge on any atom is -0.480 e. The van der Waals surface area contributed by atoms with Crippen LogP contribution in [-0.2, 0) is 9.63 Å². The number of carboxylic acids is 1. The van der Waals surface area contributed by atoms with Crippen molar-refractivity contribution in [3.8, 4) is 0 Å². The van der Waals surface area contributed by atoms with E-state index in [1.54, 1.807) is 0 Å². The zero-order valence-electron chi connectivity index (χ0n) is 5.54. The van der Waals surface area contributed by atoms with Crippen LogP contribution in [0.3, 0.4) is 0 Å². The van der Waals surface area contributed by atoms with Gasteiger partial charge in [-0.25, -0.2) is 0 Å². The Morgan fingerprint density at radius 1 is 1.73 bits per heavy atom. The van der Waals surface area contributed by atoms with E-state index in [9.17, 15) is 13.6 Å². The molecule has 0 aliphatic heterocycles. The van der Waals surface area contributed by atoms with Crippen molar-refractivity contribution in [1.29, 1.82) is 0 Å². The summed E-state index contributed by atoms with van der Waals surface area (Å²) in [7, 11) is 0.960. The van der Waals surface area contributed by atoms with Crippen molar-refractivity contribution in [3.63, 3.8) is 0 Å². The van der Waals surface area contributed by atoms with E-state index in [1.165, 1.54) is 5.48 Å². The fourth-order valence-electron chi connectivity index (χ4n) is 0.388. The molecule has 0 rings (SSSR count). The number of hydrogen-bond acceptors (Lipinski definition) is 4. The molecule has 66 valence electrons. The Kier molecular flexibility index (Phi) is 3.30. The first-order chi connectivity index (χ1) is 4.89. The van der Waals surface area contributed by atoms with Crippen molar-refractivity contribution >= 4 is 5.97 Å². The highest BCUT2D eigenvalue weighted by Gasteiger charge is 2.43. The Labute approximate surface area is 60.5 Å². The van der Waals surface area contributed by atoms with Gasteiger partial charge < -0.3 is 15.1 Å². The summed E-state index contributed by atoms with van der Waals surface area (Å²) < 4.78 is 23.7. The Hall–Kier alpha value is -0.790. The van der Waals surface area contributed by atoms with E-state index in [-0.39, 0.29) is 0 Å². The maximum Gasteiger partial charge on any atom is 0.381 e. The van der Waals surface area contributed by atoms with Crippen LogP contribution in [0.4, 0.5) is 8.78 Å². The van der Waals surface area contributed by atoms with Gasteiger partial charge in [-0.05, 0) is 0 Å². The molecule has 0 heterocycles. The highest BCUT2D eigenvalue weighted by atomic mass is 19.3. The van der Waals surface area contributed by atoms with E-state index in [4.69, 9.17) is 10.2 Å². The summed E-state index contributed by atoms with van der Waals surface area (Å²) in [6.07, 6.45) is -4.35. The number of carboxylic acid groups (broad SMARTS) is 1. The third-order valence-electron chi connectivity index (χ3n) is 0.830. The van der Waals surface area contributed by atoms with Crippen molar-refractivity contribution in [3.05, 3.63) is 0 Å². The first-order valence-electron chi connectivity index (χ1n) is 2.51. The van der Waals surface area contributed by atoms with E-state index in [0.29, 0.717) is 0 Å². The summed E-state index contributed by atoms with van der Waals surface area (Å²) in [5.74, 6) is -1.90. The van der Waals surface area contributed by atoms with Gasteiger partial charge >= 0.3 is 12.1 Å². The van der Waals surface area contributed by atoms with Crippen LogP contribution in [0.15, 0.2) is 0 Å². The highest BCUT2D eigenvalue weighted by molar-refractivity contribution is 5.74. The fourth-order valence-corrected chi connectivity index (χ4v) is 0.388. The van der Waals surface area contributed by atoms with Crippen LogP contribution in [0.25, 0.3) is 0 Å². The summed E-state index contributed by atoms with van der Waals surface area (Å²) in [4.78, 5) is 13.9. The van der Waals surface area contributed by atoms with Gasteiger partial charge in [0, 0.05) is 0 Å². The Bertz CT molecular complexity index is 146. The normalized spacial score (nSPS) is 14.5. The lowest BCUT2D eigenvalue weighted by atomic mass is 10.3. The second-order valence-electron chi connectivity index (χ2n) is 1.68. The first-order valence-corrected chi connectivity index (χ1v) is 2.51. The Balaban J connectivity index is 4.22. The van der Waals surface area contributed by atoms with Crippen LogP contribution in [0.2, 0.25) is 0 Å². The molecule has 0 aromatic carbocycles. The van der Waals surface area contributed by atoms with Gasteiger partial charge in [0.25, 0.3) is 0 Å². The summed E-state index contributed by atoms with van der Waals surface area (Å²) in [6, 6.07) is -2.45. The SMILES string of the molecule is CON[C@H](C(=O)O)C(O)(F)F. The molecule has 0 saturated heterocycles. The van der Waals surface area contributed by atoms with E-state index < -0.39 is 18.1 Å². The summed E-state index contributed by atoms with van der Waals surface area (Å²) >= 11 is 0. The van der Waals surface area contributed by atoms with Gasteiger partial charge in [0.05, 0.1) is 7.11 Å². The van der Waals surface area contributed by atoms with Gasteiger partial charge in [0.15, 0.2) is 0 Å². The van der Waals surface area contributed by atoms with Gasteiger partial charge in [-0.2, -0.15) is 14.3 Å². The largest absolute Gasteiger partial charge is 0.480 e. The monoisotopic (exact) mass is 171 g/mol. The second-order valence-corrected chi connectivity index (χ2v) is 1.68. The average Bonchev–Trinajstić information content (AvgIpc) is 1.79. The second kappa shape index (κ2) is 3.56. The van der Waals surface area contributed by atoms with Crippen molar-refractivity contribution in [1.82, 2.24) is 5.48 Å². The predicted molar refractivity (Wildman–Crippen MR) is 28.7 cm³/mol. The molecule has 0 aromatic heterocycles. The Morgan fingerprint density at radius 2 is 2.18 bits per heavy atom. The van der Waals surface area contributed by atoms with Gasteiger partial charge in [-0.3, -0.25) is 4.79 Å². The molecule has 0 aliphatic rings. The van der Waals surface area contributed by atoms with E-state index in [1.807, 2.05) is 0 Å². The molecule has 0 fully saturated rings.